The molecule has 0 aliphatic heterocycles. The summed E-state index contributed by atoms with van der Waals surface area (Å²) >= 11 is 1.62. The van der Waals surface area contributed by atoms with Crippen molar-refractivity contribution in [3.8, 4) is 11.3 Å². The predicted octanol–water partition coefficient (Wildman–Crippen LogP) is 4.39. The van der Waals surface area contributed by atoms with E-state index in [0.717, 1.165) is 22.2 Å². The Morgan fingerprint density at radius 1 is 0.958 bits per heavy atom. The maximum atomic E-state index is 4.63. The smallest absolute Gasteiger partial charge is 0.220 e. The fraction of sp³-hybridized carbons (Fsp3) is 0.105. The molecule has 4 rings (SSSR count). The predicted molar refractivity (Wildman–Crippen MR) is 97.0 cm³/mol. The fourth-order valence-corrected chi connectivity index (χ4v) is 3.28. The molecule has 0 N–H and O–H groups in total. The molecule has 118 valence electrons. The Kier molecular flexibility index (Phi) is 4.01. The topological polar surface area (TPSA) is 43.1 Å². The Hall–Kier alpha value is -2.66. The van der Waals surface area contributed by atoms with Gasteiger partial charge in [0.05, 0.1) is 5.69 Å². The normalized spacial score (nSPS) is 11.0. The maximum absolute atomic E-state index is 4.63. The third-order valence-electron chi connectivity index (χ3n) is 3.78. The van der Waals surface area contributed by atoms with Gasteiger partial charge in [0.2, 0.25) is 5.16 Å². The minimum absolute atomic E-state index is 0.628. The monoisotopic (exact) mass is 332 g/mol. The molecule has 4 aromatic rings. The molecular formula is C19H16N4S. The van der Waals surface area contributed by atoms with Gasteiger partial charge in [-0.1, -0.05) is 71.9 Å². The van der Waals surface area contributed by atoms with Crippen LogP contribution >= 0.6 is 11.8 Å². The third kappa shape index (κ3) is 3.03. The summed E-state index contributed by atoms with van der Waals surface area (Å²) in [6.45, 7) is 2.08. The number of rotatable bonds is 4. The quantitative estimate of drug-likeness (QED) is 0.520. The highest BCUT2D eigenvalue weighted by molar-refractivity contribution is 7.98. The van der Waals surface area contributed by atoms with Crippen LogP contribution in [-0.2, 0) is 5.75 Å². The van der Waals surface area contributed by atoms with Crippen molar-refractivity contribution in [3.63, 3.8) is 0 Å². The average molecular weight is 332 g/mol. The molecule has 5 heteroatoms. The van der Waals surface area contributed by atoms with E-state index in [0.29, 0.717) is 5.78 Å². The second kappa shape index (κ2) is 6.45. The molecule has 0 aliphatic rings. The van der Waals surface area contributed by atoms with Gasteiger partial charge in [-0.25, -0.2) is 4.98 Å². The summed E-state index contributed by atoms with van der Waals surface area (Å²) in [6.07, 6.45) is 1.78. The number of aromatic nitrogens is 4. The zero-order valence-corrected chi connectivity index (χ0v) is 14.1. The van der Waals surface area contributed by atoms with Crippen LogP contribution in [0.25, 0.3) is 17.0 Å². The molecule has 0 saturated heterocycles. The number of hydrogen-bond acceptors (Lipinski definition) is 4. The number of hydrogen-bond donors (Lipinski definition) is 0. The van der Waals surface area contributed by atoms with Crippen molar-refractivity contribution in [1.29, 1.82) is 0 Å². The summed E-state index contributed by atoms with van der Waals surface area (Å²) in [5.74, 6) is 1.47. The summed E-state index contributed by atoms with van der Waals surface area (Å²) in [4.78, 5) is 8.87. The molecule has 0 aliphatic carbocycles. The zero-order chi connectivity index (χ0) is 16.4. The molecule has 0 atom stereocenters. The van der Waals surface area contributed by atoms with Crippen LogP contribution in [0.4, 0.5) is 0 Å². The fourth-order valence-electron chi connectivity index (χ4n) is 2.50. The zero-order valence-electron chi connectivity index (χ0n) is 13.3. The van der Waals surface area contributed by atoms with Gasteiger partial charge in [-0.2, -0.15) is 9.50 Å². The molecular weight excluding hydrogens is 316 g/mol. The molecule has 0 spiro atoms. The van der Waals surface area contributed by atoms with Crippen LogP contribution in [0.15, 0.2) is 72.0 Å². The molecule has 0 fully saturated rings. The lowest BCUT2D eigenvalue weighted by atomic mass is 10.1. The van der Waals surface area contributed by atoms with Crippen molar-refractivity contribution in [3.05, 3.63) is 78.0 Å². The number of nitrogens with zero attached hydrogens (tertiary/aromatic N) is 4. The Labute approximate surface area is 144 Å². The lowest BCUT2D eigenvalue weighted by molar-refractivity contribution is 0.886. The lowest BCUT2D eigenvalue weighted by Crippen LogP contribution is -1.95. The van der Waals surface area contributed by atoms with Gasteiger partial charge in [-0.3, -0.25) is 0 Å². The number of benzene rings is 2. The van der Waals surface area contributed by atoms with Crippen molar-refractivity contribution in [2.24, 2.45) is 0 Å². The Balaban J connectivity index is 1.65. The summed E-state index contributed by atoms with van der Waals surface area (Å²) < 4.78 is 1.82. The van der Waals surface area contributed by atoms with Crippen molar-refractivity contribution in [2.75, 3.05) is 0 Å². The highest BCUT2D eigenvalue weighted by atomic mass is 32.2. The van der Waals surface area contributed by atoms with Crippen LogP contribution in [-0.4, -0.2) is 19.6 Å². The summed E-state index contributed by atoms with van der Waals surface area (Å²) in [5.41, 5.74) is 4.60. The molecule has 0 radical (unpaired) electrons. The highest BCUT2D eigenvalue weighted by Gasteiger charge is 2.10. The van der Waals surface area contributed by atoms with Gasteiger partial charge >= 0.3 is 0 Å². The molecule has 24 heavy (non-hydrogen) atoms. The van der Waals surface area contributed by atoms with Crippen molar-refractivity contribution in [2.45, 2.75) is 17.8 Å². The van der Waals surface area contributed by atoms with E-state index in [2.05, 4.69) is 58.4 Å². The largest absolute Gasteiger partial charge is 0.253 e. The van der Waals surface area contributed by atoms with E-state index in [1.165, 1.54) is 11.1 Å². The van der Waals surface area contributed by atoms with Crippen LogP contribution in [0, 0.1) is 6.92 Å². The first kappa shape index (κ1) is 14.9. The van der Waals surface area contributed by atoms with Crippen LogP contribution in [0.2, 0.25) is 0 Å². The van der Waals surface area contributed by atoms with Crippen LogP contribution in [0.3, 0.4) is 0 Å². The van der Waals surface area contributed by atoms with Gasteiger partial charge in [0.15, 0.2) is 0 Å². The van der Waals surface area contributed by atoms with E-state index in [9.17, 15) is 0 Å². The van der Waals surface area contributed by atoms with Gasteiger partial charge in [0.25, 0.3) is 5.78 Å². The van der Waals surface area contributed by atoms with Crippen molar-refractivity contribution in [1.82, 2.24) is 19.6 Å². The third-order valence-corrected chi connectivity index (χ3v) is 4.69. The minimum atomic E-state index is 0.628. The first-order valence-corrected chi connectivity index (χ1v) is 8.74. The second-order valence-corrected chi connectivity index (χ2v) is 6.52. The van der Waals surface area contributed by atoms with E-state index in [4.69, 9.17) is 0 Å². The van der Waals surface area contributed by atoms with Gasteiger partial charge in [0, 0.05) is 17.5 Å². The van der Waals surface area contributed by atoms with E-state index in [-0.39, 0.29) is 0 Å². The molecule has 0 amide bonds. The summed E-state index contributed by atoms with van der Waals surface area (Å²) in [5, 5.41) is 5.37. The van der Waals surface area contributed by atoms with Gasteiger partial charge < -0.3 is 0 Å². The van der Waals surface area contributed by atoms with Gasteiger partial charge in [-0.05, 0) is 18.6 Å². The van der Waals surface area contributed by atoms with E-state index in [1.807, 2.05) is 28.8 Å². The lowest BCUT2D eigenvalue weighted by Gasteiger charge is -2.03. The summed E-state index contributed by atoms with van der Waals surface area (Å²) in [6, 6.07) is 20.7. The molecule has 2 heterocycles. The van der Waals surface area contributed by atoms with Crippen LogP contribution in [0.1, 0.15) is 11.1 Å². The standard InChI is InChI=1S/C19H16N4S/c1-14-7-9-16(10-8-14)17-11-12-20-18-21-19(22-23(17)18)24-13-15-5-3-2-4-6-15/h2-12H,13H2,1H3. The number of thioether (sulfide) groups is 1. The Morgan fingerprint density at radius 3 is 2.54 bits per heavy atom. The SMILES string of the molecule is Cc1ccc(-c2ccnc3nc(SCc4ccccc4)nn23)cc1. The Bertz CT molecular complexity index is 962. The van der Waals surface area contributed by atoms with E-state index < -0.39 is 0 Å². The first-order chi connectivity index (χ1) is 11.8. The molecule has 4 nitrogen and oxygen atoms in total. The maximum Gasteiger partial charge on any atom is 0.253 e. The minimum Gasteiger partial charge on any atom is -0.220 e. The highest BCUT2D eigenvalue weighted by Crippen LogP contribution is 2.23. The molecule has 0 unspecified atom stereocenters. The van der Waals surface area contributed by atoms with Crippen molar-refractivity contribution < 1.29 is 0 Å². The average Bonchev–Trinajstić information content (AvgIpc) is 3.05. The molecule has 2 aromatic carbocycles. The van der Waals surface area contributed by atoms with Crippen molar-refractivity contribution >= 4 is 17.5 Å². The van der Waals surface area contributed by atoms with E-state index in [1.54, 1.807) is 18.0 Å². The summed E-state index contributed by atoms with van der Waals surface area (Å²) in [7, 11) is 0. The molecule has 0 bridgehead atoms. The molecule has 2 aromatic heterocycles. The second-order valence-electron chi connectivity index (χ2n) is 5.58. The van der Waals surface area contributed by atoms with Crippen LogP contribution in [0.5, 0.6) is 0 Å². The Morgan fingerprint density at radius 2 is 1.75 bits per heavy atom. The molecule has 0 saturated carbocycles. The van der Waals surface area contributed by atoms with Gasteiger partial charge in [0.1, 0.15) is 0 Å². The van der Waals surface area contributed by atoms with Crippen LogP contribution < -0.4 is 0 Å². The van der Waals surface area contributed by atoms with Gasteiger partial charge in [-0.15, -0.1) is 5.10 Å². The van der Waals surface area contributed by atoms with E-state index >= 15 is 0 Å². The number of fused-ring (bicyclic) bond motifs is 1. The number of aryl methyl sites for hydroxylation is 1. The first-order valence-electron chi connectivity index (χ1n) is 7.75.